The maximum Gasteiger partial charge on any atom is 0.407 e. The zero-order valence-electron chi connectivity index (χ0n) is 23.8. The van der Waals surface area contributed by atoms with Crippen LogP contribution in [0.15, 0.2) is 64.5 Å². The number of fused-ring (bicyclic) bond motifs is 3. The van der Waals surface area contributed by atoms with Gasteiger partial charge in [-0.1, -0.05) is 48.5 Å². The smallest absolute Gasteiger partial charge is 0.407 e. The number of aryl methyl sites for hydroxylation is 1. The number of aliphatic imine (C=N–C) groups is 1. The molecule has 42 heavy (non-hydrogen) atoms. The summed E-state index contributed by atoms with van der Waals surface area (Å²) in [5, 5.41) is 12.0. The van der Waals surface area contributed by atoms with Crippen LogP contribution in [-0.2, 0) is 19.6 Å². The minimum absolute atomic E-state index is 0.0305. The number of nitrogens with two attached hydrogens (primary N) is 1. The Morgan fingerprint density at radius 3 is 2.19 bits per heavy atom. The van der Waals surface area contributed by atoms with Gasteiger partial charge in [0, 0.05) is 12.5 Å². The minimum atomic E-state index is -4.08. The van der Waals surface area contributed by atoms with E-state index in [9.17, 15) is 23.1 Å². The van der Waals surface area contributed by atoms with E-state index in [4.69, 9.17) is 15.2 Å². The lowest BCUT2D eigenvalue weighted by atomic mass is 9.98. The third-order valence-corrected chi connectivity index (χ3v) is 8.98. The van der Waals surface area contributed by atoms with E-state index in [1.54, 1.807) is 26.8 Å². The Labute approximate surface area is 244 Å². The molecule has 1 aliphatic rings. The van der Waals surface area contributed by atoms with Crippen LogP contribution in [0.2, 0.25) is 0 Å². The molecule has 0 unspecified atom stereocenters. The molecule has 3 aromatic rings. The number of rotatable bonds is 10. The summed E-state index contributed by atoms with van der Waals surface area (Å²) in [6, 6.07) is 16.0. The number of amides is 1. The Morgan fingerprint density at radius 2 is 1.62 bits per heavy atom. The Kier molecular flexibility index (Phi) is 9.05. The number of nitrogens with one attached hydrogen (secondary N) is 2. The summed E-state index contributed by atoms with van der Waals surface area (Å²) in [5.74, 6) is -1.31. The molecule has 0 aromatic heterocycles. The van der Waals surface area contributed by atoms with E-state index in [2.05, 4.69) is 15.0 Å². The van der Waals surface area contributed by atoms with Crippen molar-refractivity contribution in [1.29, 1.82) is 0 Å². The minimum Gasteiger partial charge on any atom is -0.496 e. The molecule has 4 rings (SSSR count). The molecular weight excluding hydrogens is 560 g/mol. The first-order valence-corrected chi connectivity index (χ1v) is 14.7. The van der Waals surface area contributed by atoms with Crippen molar-refractivity contribution >= 4 is 28.0 Å². The average molecular weight is 595 g/mol. The monoisotopic (exact) mass is 594 g/mol. The number of aliphatic carboxylic acids is 1. The number of ether oxygens (including phenoxy) is 2. The number of carbonyl (C=O) groups excluding carboxylic acids is 1. The summed E-state index contributed by atoms with van der Waals surface area (Å²) in [5.41, 5.74) is 11.7. The number of sulfonamides is 1. The second-order valence-electron chi connectivity index (χ2n) is 10.00. The molecule has 11 nitrogen and oxygen atoms in total. The highest BCUT2D eigenvalue weighted by atomic mass is 32.2. The zero-order chi connectivity index (χ0) is 30.6. The van der Waals surface area contributed by atoms with Crippen molar-refractivity contribution in [1.82, 2.24) is 10.0 Å². The van der Waals surface area contributed by atoms with Gasteiger partial charge in [0.2, 0.25) is 5.96 Å². The normalized spacial score (nSPS) is 13.6. The molecule has 0 saturated heterocycles. The van der Waals surface area contributed by atoms with E-state index in [-0.39, 0.29) is 30.4 Å². The third-order valence-electron chi connectivity index (χ3n) is 7.34. The van der Waals surface area contributed by atoms with E-state index in [0.717, 1.165) is 22.3 Å². The Morgan fingerprint density at radius 1 is 1.02 bits per heavy atom. The summed E-state index contributed by atoms with van der Waals surface area (Å²) in [6.45, 7) is 4.92. The van der Waals surface area contributed by atoms with Crippen LogP contribution in [0.1, 0.15) is 40.2 Å². The molecule has 3 aromatic carbocycles. The summed E-state index contributed by atoms with van der Waals surface area (Å²) in [4.78, 5) is 28.4. The predicted molar refractivity (Wildman–Crippen MR) is 158 cm³/mol. The number of carbonyl (C=O) groups is 2. The number of benzene rings is 3. The van der Waals surface area contributed by atoms with Crippen molar-refractivity contribution in [2.45, 2.75) is 44.0 Å². The molecule has 1 atom stereocenters. The van der Waals surface area contributed by atoms with Gasteiger partial charge in [0.1, 0.15) is 18.4 Å². The maximum atomic E-state index is 13.0. The molecule has 0 heterocycles. The molecule has 0 saturated carbocycles. The molecule has 0 fully saturated rings. The van der Waals surface area contributed by atoms with Crippen molar-refractivity contribution in [3.8, 4) is 16.9 Å². The SMILES string of the molecule is COc1cc(C)c(S(=O)(=O)NC(N)=NCC[C@@H](NC(=O)OCC2c3ccccc3-c3ccccc32)C(=O)O)c(C)c1C. The second kappa shape index (κ2) is 12.5. The molecule has 0 aliphatic heterocycles. The first-order valence-electron chi connectivity index (χ1n) is 13.3. The second-order valence-corrected chi connectivity index (χ2v) is 11.6. The van der Waals surface area contributed by atoms with Crippen molar-refractivity contribution in [2.75, 3.05) is 20.3 Å². The largest absolute Gasteiger partial charge is 0.496 e. The van der Waals surface area contributed by atoms with E-state index >= 15 is 0 Å². The third kappa shape index (κ3) is 6.33. The molecule has 0 radical (unpaired) electrons. The lowest BCUT2D eigenvalue weighted by molar-refractivity contribution is -0.139. The molecule has 0 spiro atoms. The van der Waals surface area contributed by atoms with Gasteiger partial charge < -0.3 is 25.6 Å². The number of alkyl carbamates (subject to hydrolysis) is 1. The van der Waals surface area contributed by atoms with Crippen LogP contribution in [0.5, 0.6) is 5.75 Å². The average Bonchev–Trinajstić information content (AvgIpc) is 3.26. The van der Waals surface area contributed by atoms with Gasteiger partial charge in [0.05, 0.1) is 12.0 Å². The van der Waals surface area contributed by atoms with Crippen LogP contribution >= 0.6 is 0 Å². The van der Waals surface area contributed by atoms with Crippen LogP contribution < -0.4 is 20.5 Å². The molecule has 0 bridgehead atoms. The van der Waals surface area contributed by atoms with Gasteiger partial charge >= 0.3 is 12.1 Å². The Balaban J connectivity index is 1.35. The number of nitrogens with zero attached hydrogens (tertiary/aromatic N) is 1. The van der Waals surface area contributed by atoms with Gasteiger partial charge in [0.25, 0.3) is 10.0 Å². The summed E-state index contributed by atoms with van der Waals surface area (Å²) < 4.78 is 39.0. The molecule has 1 amide bonds. The fourth-order valence-corrected chi connectivity index (χ4v) is 6.70. The highest BCUT2D eigenvalue weighted by Crippen LogP contribution is 2.44. The van der Waals surface area contributed by atoms with Gasteiger partial charge in [-0.25, -0.2) is 22.7 Å². The maximum absolute atomic E-state index is 13.0. The Hall–Kier alpha value is -4.58. The van der Waals surface area contributed by atoms with Crippen molar-refractivity contribution in [2.24, 2.45) is 10.7 Å². The van der Waals surface area contributed by atoms with Gasteiger partial charge in [0.15, 0.2) is 0 Å². The van der Waals surface area contributed by atoms with E-state index in [0.29, 0.717) is 22.4 Å². The Bertz CT molecular complexity index is 1610. The summed E-state index contributed by atoms with van der Waals surface area (Å²) >= 11 is 0. The molecule has 222 valence electrons. The number of carboxylic acids is 1. The zero-order valence-corrected chi connectivity index (χ0v) is 24.6. The lowest BCUT2D eigenvalue weighted by Crippen LogP contribution is -2.42. The lowest BCUT2D eigenvalue weighted by Gasteiger charge is -2.17. The van der Waals surface area contributed by atoms with Crippen molar-refractivity contribution < 1.29 is 32.6 Å². The number of hydrogen-bond donors (Lipinski definition) is 4. The van der Waals surface area contributed by atoms with E-state index in [1.165, 1.54) is 7.11 Å². The van der Waals surface area contributed by atoms with E-state index < -0.39 is 34.1 Å². The van der Waals surface area contributed by atoms with Crippen LogP contribution in [0, 0.1) is 20.8 Å². The fraction of sp³-hybridized carbons (Fsp3) is 0.300. The van der Waals surface area contributed by atoms with Crippen LogP contribution in [0.4, 0.5) is 4.79 Å². The summed E-state index contributed by atoms with van der Waals surface area (Å²) in [6.07, 6.45) is -1.04. The van der Waals surface area contributed by atoms with Gasteiger partial charge in [-0.3, -0.25) is 4.99 Å². The quantitative estimate of drug-likeness (QED) is 0.204. The summed E-state index contributed by atoms with van der Waals surface area (Å²) in [7, 11) is -2.57. The highest BCUT2D eigenvalue weighted by Gasteiger charge is 2.30. The highest BCUT2D eigenvalue weighted by molar-refractivity contribution is 7.90. The number of guanidine groups is 1. The molecule has 1 aliphatic carbocycles. The van der Waals surface area contributed by atoms with Gasteiger partial charge in [-0.15, -0.1) is 0 Å². The number of methoxy groups -OCH3 is 1. The topological polar surface area (TPSA) is 169 Å². The number of carboxylic acid groups (broad SMARTS) is 1. The standard InChI is InChI=1S/C30H34N4O7S/c1-17-15-26(40-4)18(2)19(3)27(17)42(38,39)34-29(31)32-14-13-25(28(35)36)33-30(37)41-16-24-22-11-7-5-9-20(22)21-10-6-8-12-23(21)24/h5-12,15,24-25H,13-14,16H2,1-4H3,(H,33,37)(H,35,36)(H3,31,32,34)/t25-/m1/s1. The van der Waals surface area contributed by atoms with Crippen molar-refractivity contribution in [3.63, 3.8) is 0 Å². The molecular formula is C30H34N4O7S. The molecule has 12 heteroatoms. The van der Waals surface area contributed by atoms with Crippen LogP contribution in [-0.4, -0.2) is 57.8 Å². The predicted octanol–water partition coefficient (Wildman–Crippen LogP) is 3.60. The fourth-order valence-electron chi connectivity index (χ4n) is 5.22. The first-order chi connectivity index (χ1) is 19.9. The van der Waals surface area contributed by atoms with Crippen molar-refractivity contribution in [3.05, 3.63) is 82.4 Å². The van der Waals surface area contributed by atoms with Crippen LogP contribution in [0.3, 0.4) is 0 Å². The number of hydrogen-bond acceptors (Lipinski definition) is 7. The molecule has 5 N–H and O–H groups in total. The van der Waals surface area contributed by atoms with Gasteiger partial charge in [-0.2, -0.15) is 0 Å². The van der Waals surface area contributed by atoms with Gasteiger partial charge in [-0.05, 0) is 72.2 Å². The van der Waals surface area contributed by atoms with E-state index in [1.807, 2.05) is 48.5 Å². The first kappa shape index (κ1) is 30.4. The van der Waals surface area contributed by atoms with Crippen LogP contribution in [0.25, 0.3) is 11.1 Å².